The standard InChI is InChI=1S/C26H29N5O4S2/c1-4-35-21-9-7-10-22-24(21)28-26(36-22)31-23(16-17(2)29-31)27-25(32)19-11-13-20(14-12-19)37(33,34)30-15-6-5-8-18(30)3/h7,9-14,16,18H,4-6,8,15H2,1-3H3,(H,27,32). The predicted molar refractivity (Wildman–Crippen MR) is 144 cm³/mol. The van der Waals surface area contributed by atoms with Crippen LogP contribution in [0.2, 0.25) is 0 Å². The number of hydrogen-bond acceptors (Lipinski definition) is 7. The van der Waals surface area contributed by atoms with Crippen LogP contribution in [-0.2, 0) is 10.0 Å². The van der Waals surface area contributed by atoms with Gasteiger partial charge in [-0.2, -0.15) is 14.1 Å². The molecular weight excluding hydrogens is 510 g/mol. The summed E-state index contributed by atoms with van der Waals surface area (Å²) in [5.74, 6) is 0.803. The molecule has 1 atom stereocenters. The van der Waals surface area contributed by atoms with Crippen LogP contribution in [0.25, 0.3) is 15.3 Å². The number of hydrogen-bond donors (Lipinski definition) is 1. The highest BCUT2D eigenvalue weighted by molar-refractivity contribution is 7.89. The molecule has 3 heterocycles. The molecule has 2 aromatic heterocycles. The summed E-state index contributed by atoms with van der Waals surface area (Å²) in [5.41, 5.74) is 1.81. The minimum Gasteiger partial charge on any atom is -0.492 e. The quantitative estimate of drug-likeness (QED) is 0.354. The molecule has 194 valence electrons. The number of carbonyl (C=O) groups excluding carboxylic acids is 1. The minimum atomic E-state index is -3.60. The SMILES string of the molecule is CCOc1cccc2sc(-n3nc(C)cc3NC(=O)c3ccc(S(=O)(=O)N4CCCCC4C)cc3)nc12. The molecule has 1 aliphatic rings. The number of benzene rings is 2. The van der Waals surface area contributed by atoms with Gasteiger partial charge in [-0.1, -0.05) is 23.8 Å². The molecule has 1 amide bonds. The highest BCUT2D eigenvalue weighted by Crippen LogP contribution is 2.33. The molecule has 1 fully saturated rings. The zero-order valence-corrected chi connectivity index (χ0v) is 22.6. The molecule has 1 unspecified atom stereocenters. The van der Waals surface area contributed by atoms with Crippen molar-refractivity contribution in [3.05, 3.63) is 59.8 Å². The molecule has 0 spiro atoms. The van der Waals surface area contributed by atoms with Crippen LogP contribution in [0.4, 0.5) is 5.82 Å². The number of nitrogens with zero attached hydrogens (tertiary/aromatic N) is 4. The van der Waals surface area contributed by atoms with Crippen molar-refractivity contribution in [1.82, 2.24) is 19.1 Å². The Hall–Kier alpha value is -3.28. The van der Waals surface area contributed by atoms with E-state index in [1.165, 1.54) is 35.6 Å². The first-order chi connectivity index (χ1) is 17.8. The number of aromatic nitrogens is 3. The maximum absolute atomic E-state index is 13.1. The van der Waals surface area contributed by atoms with Crippen molar-refractivity contribution >= 4 is 43.3 Å². The summed E-state index contributed by atoms with van der Waals surface area (Å²) in [6.07, 6.45) is 2.75. The molecule has 1 N–H and O–H groups in total. The third kappa shape index (κ3) is 4.98. The van der Waals surface area contributed by atoms with Crippen LogP contribution < -0.4 is 10.1 Å². The van der Waals surface area contributed by atoms with E-state index < -0.39 is 10.0 Å². The number of ether oxygens (including phenoxy) is 1. The van der Waals surface area contributed by atoms with Gasteiger partial charge in [0.1, 0.15) is 17.1 Å². The molecule has 0 bridgehead atoms. The van der Waals surface area contributed by atoms with E-state index in [2.05, 4.69) is 10.4 Å². The first-order valence-electron chi connectivity index (χ1n) is 12.3. The lowest BCUT2D eigenvalue weighted by Gasteiger charge is -2.32. The van der Waals surface area contributed by atoms with Crippen molar-refractivity contribution in [3.63, 3.8) is 0 Å². The summed E-state index contributed by atoms with van der Waals surface area (Å²) in [7, 11) is -3.60. The molecule has 0 aliphatic carbocycles. The van der Waals surface area contributed by atoms with Crippen molar-refractivity contribution < 1.29 is 17.9 Å². The maximum Gasteiger partial charge on any atom is 0.256 e. The second-order valence-electron chi connectivity index (χ2n) is 9.05. The average molecular weight is 540 g/mol. The van der Waals surface area contributed by atoms with Gasteiger partial charge in [0.25, 0.3) is 5.91 Å². The summed E-state index contributed by atoms with van der Waals surface area (Å²) < 4.78 is 36.0. The first kappa shape index (κ1) is 25.4. The van der Waals surface area contributed by atoms with Crippen LogP contribution in [0.5, 0.6) is 5.75 Å². The zero-order valence-electron chi connectivity index (χ0n) is 21.0. The summed E-state index contributed by atoms with van der Waals surface area (Å²) in [6, 6.07) is 13.6. The van der Waals surface area contributed by atoms with E-state index in [9.17, 15) is 13.2 Å². The van der Waals surface area contributed by atoms with Crippen LogP contribution in [0.15, 0.2) is 53.4 Å². The Morgan fingerprint density at radius 2 is 1.97 bits per heavy atom. The smallest absolute Gasteiger partial charge is 0.256 e. The Morgan fingerprint density at radius 3 is 2.70 bits per heavy atom. The lowest BCUT2D eigenvalue weighted by atomic mass is 10.1. The van der Waals surface area contributed by atoms with Crippen LogP contribution in [0, 0.1) is 6.92 Å². The second kappa shape index (κ2) is 10.2. The zero-order chi connectivity index (χ0) is 26.2. The Morgan fingerprint density at radius 1 is 1.19 bits per heavy atom. The minimum absolute atomic E-state index is 0.0302. The van der Waals surface area contributed by atoms with Gasteiger partial charge in [-0.05, 0) is 70.0 Å². The monoisotopic (exact) mass is 539 g/mol. The number of carbonyl (C=O) groups is 1. The fourth-order valence-corrected chi connectivity index (χ4v) is 7.19. The molecule has 1 saturated heterocycles. The first-order valence-corrected chi connectivity index (χ1v) is 14.6. The molecule has 37 heavy (non-hydrogen) atoms. The third-order valence-corrected chi connectivity index (χ3v) is 9.41. The largest absolute Gasteiger partial charge is 0.492 e. The molecule has 5 rings (SSSR count). The maximum atomic E-state index is 13.1. The third-order valence-electron chi connectivity index (χ3n) is 6.39. The fraction of sp³-hybridized carbons (Fsp3) is 0.346. The molecule has 2 aromatic carbocycles. The number of amides is 1. The molecule has 9 nitrogen and oxygen atoms in total. The molecule has 0 radical (unpaired) electrons. The van der Waals surface area contributed by atoms with Crippen molar-refractivity contribution in [2.24, 2.45) is 0 Å². The van der Waals surface area contributed by atoms with Crippen molar-refractivity contribution in [2.75, 3.05) is 18.5 Å². The summed E-state index contributed by atoms with van der Waals surface area (Å²) >= 11 is 1.45. The Kier molecular flexibility index (Phi) is 7.02. The highest BCUT2D eigenvalue weighted by Gasteiger charge is 2.31. The number of anilines is 1. The van der Waals surface area contributed by atoms with Gasteiger partial charge in [0.05, 0.1) is 21.9 Å². The number of thiazole rings is 1. The molecule has 1 aliphatic heterocycles. The van der Waals surface area contributed by atoms with Gasteiger partial charge in [0, 0.05) is 24.2 Å². The number of piperidine rings is 1. The van der Waals surface area contributed by atoms with Crippen LogP contribution in [-0.4, -0.2) is 52.6 Å². The normalized spacial score (nSPS) is 16.7. The number of rotatable bonds is 7. The van der Waals surface area contributed by atoms with E-state index in [-0.39, 0.29) is 16.8 Å². The van der Waals surface area contributed by atoms with Gasteiger partial charge in [0.2, 0.25) is 15.2 Å². The van der Waals surface area contributed by atoms with Crippen molar-refractivity contribution in [2.45, 2.75) is 51.0 Å². The van der Waals surface area contributed by atoms with Crippen molar-refractivity contribution in [1.29, 1.82) is 0 Å². The Balaban J connectivity index is 1.38. The number of nitrogens with one attached hydrogen (secondary N) is 1. The van der Waals surface area contributed by atoms with E-state index in [0.29, 0.717) is 35.4 Å². The van der Waals surface area contributed by atoms with E-state index >= 15 is 0 Å². The van der Waals surface area contributed by atoms with Gasteiger partial charge in [0.15, 0.2) is 0 Å². The van der Waals surface area contributed by atoms with E-state index in [4.69, 9.17) is 9.72 Å². The summed E-state index contributed by atoms with van der Waals surface area (Å²) in [5, 5.41) is 8.02. The lowest BCUT2D eigenvalue weighted by molar-refractivity contribution is 0.102. The molecule has 4 aromatic rings. The van der Waals surface area contributed by atoms with Gasteiger partial charge < -0.3 is 10.1 Å². The number of aryl methyl sites for hydroxylation is 1. The molecule has 11 heteroatoms. The number of para-hydroxylation sites is 1. The second-order valence-corrected chi connectivity index (χ2v) is 12.0. The number of fused-ring (bicyclic) bond motifs is 1. The van der Waals surface area contributed by atoms with E-state index in [1.807, 2.05) is 39.0 Å². The van der Waals surface area contributed by atoms with Crippen LogP contribution in [0.1, 0.15) is 49.2 Å². The predicted octanol–water partition coefficient (Wildman–Crippen LogP) is 5.00. The van der Waals surface area contributed by atoms with Gasteiger partial charge >= 0.3 is 0 Å². The van der Waals surface area contributed by atoms with Crippen LogP contribution >= 0.6 is 11.3 Å². The number of sulfonamides is 1. The lowest BCUT2D eigenvalue weighted by Crippen LogP contribution is -2.41. The van der Waals surface area contributed by atoms with Gasteiger partial charge in [-0.25, -0.2) is 13.4 Å². The van der Waals surface area contributed by atoms with Gasteiger partial charge in [-0.3, -0.25) is 4.79 Å². The topological polar surface area (TPSA) is 106 Å². The summed E-state index contributed by atoms with van der Waals surface area (Å²) in [4.78, 5) is 18.0. The van der Waals surface area contributed by atoms with E-state index in [0.717, 1.165) is 35.2 Å². The summed E-state index contributed by atoms with van der Waals surface area (Å²) in [6.45, 7) is 6.75. The highest BCUT2D eigenvalue weighted by atomic mass is 32.2. The van der Waals surface area contributed by atoms with Gasteiger partial charge in [-0.15, -0.1) is 0 Å². The average Bonchev–Trinajstić information content (AvgIpc) is 3.48. The van der Waals surface area contributed by atoms with Crippen LogP contribution in [0.3, 0.4) is 0 Å². The fourth-order valence-electron chi connectivity index (χ4n) is 4.54. The molecule has 0 saturated carbocycles. The Labute approximate surface area is 220 Å². The molecular formula is C26H29N5O4S2. The Bertz CT molecular complexity index is 1540. The van der Waals surface area contributed by atoms with E-state index in [1.54, 1.807) is 15.1 Å². The van der Waals surface area contributed by atoms with Crippen molar-refractivity contribution in [3.8, 4) is 10.9 Å².